The van der Waals surface area contributed by atoms with Gasteiger partial charge in [-0.15, -0.1) is 0 Å². The highest BCUT2D eigenvalue weighted by Gasteiger charge is 2.23. The molecule has 0 spiro atoms. The minimum atomic E-state index is -0.544. The van der Waals surface area contributed by atoms with E-state index in [-0.39, 0.29) is 23.5 Å². The highest BCUT2D eigenvalue weighted by Crippen LogP contribution is 2.30. The molecule has 0 bridgehead atoms. The smallest absolute Gasteiger partial charge is 0.372 e. The highest BCUT2D eigenvalue weighted by molar-refractivity contribution is 5.60. The van der Waals surface area contributed by atoms with Crippen molar-refractivity contribution in [1.29, 1.82) is 0 Å². The summed E-state index contributed by atoms with van der Waals surface area (Å²) in [5, 5.41) is 14.0. The number of aromatic nitrogens is 2. The molecule has 1 heterocycles. The van der Waals surface area contributed by atoms with Gasteiger partial charge in [-0.1, -0.05) is 0 Å². The predicted octanol–water partition coefficient (Wildman–Crippen LogP) is 2.01. The number of ether oxygens (including phenoxy) is 2. The normalized spacial score (nSPS) is 10.6. The molecule has 8 nitrogen and oxygen atoms in total. The summed E-state index contributed by atoms with van der Waals surface area (Å²) in [6.45, 7) is 7.06. The molecule has 0 saturated heterocycles. The third-order valence-corrected chi connectivity index (χ3v) is 2.32. The fourth-order valence-corrected chi connectivity index (χ4v) is 1.50. The van der Waals surface area contributed by atoms with Crippen LogP contribution in [0.5, 0.6) is 5.88 Å². The fourth-order valence-electron chi connectivity index (χ4n) is 1.50. The van der Waals surface area contributed by atoms with Gasteiger partial charge >= 0.3 is 5.69 Å². The number of hydrogen-bond donors (Lipinski definition) is 1. The van der Waals surface area contributed by atoms with Crippen LogP contribution in [0.3, 0.4) is 0 Å². The van der Waals surface area contributed by atoms with Crippen molar-refractivity contribution in [2.24, 2.45) is 0 Å². The molecule has 0 radical (unpaired) electrons. The molecule has 0 fully saturated rings. The second kappa shape index (κ2) is 8.26. The van der Waals surface area contributed by atoms with Gasteiger partial charge in [-0.3, -0.25) is 10.1 Å². The van der Waals surface area contributed by atoms with Gasteiger partial charge in [-0.25, -0.2) is 4.98 Å². The molecule has 1 aromatic heterocycles. The van der Waals surface area contributed by atoms with Crippen molar-refractivity contribution in [2.45, 2.75) is 33.3 Å². The van der Waals surface area contributed by atoms with Crippen LogP contribution in [0.4, 0.5) is 11.5 Å². The Morgan fingerprint density at radius 3 is 2.80 bits per heavy atom. The van der Waals surface area contributed by atoms with E-state index in [4.69, 9.17) is 9.47 Å². The van der Waals surface area contributed by atoms with Gasteiger partial charge in [0.15, 0.2) is 0 Å². The molecular formula is C12H20N4O4. The zero-order chi connectivity index (χ0) is 15.0. The lowest BCUT2D eigenvalue weighted by molar-refractivity contribution is -0.385. The predicted molar refractivity (Wildman–Crippen MR) is 74.1 cm³/mol. The van der Waals surface area contributed by atoms with Crippen molar-refractivity contribution in [2.75, 3.05) is 25.1 Å². The van der Waals surface area contributed by atoms with E-state index in [2.05, 4.69) is 15.3 Å². The van der Waals surface area contributed by atoms with Gasteiger partial charge in [0.05, 0.1) is 17.6 Å². The second-order valence-corrected chi connectivity index (χ2v) is 4.27. The van der Waals surface area contributed by atoms with Crippen LogP contribution in [-0.4, -0.2) is 40.8 Å². The molecule has 0 aromatic carbocycles. The lowest BCUT2D eigenvalue weighted by Crippen LogP contribution is -2.12. The summed E-state index contributed by atoms with van der Waals surface area (Å²) in [5.41, 5.74) is -0.237. The Hall–Kier alpha value is -1.96. The Labute approximate surface area is 117 Å². The largest absolute Gasteiger partial charge is 0.473 e. The molecule has 1 rings (SSSR count). The number of rotatable bonds is 9. The minimum Gasteiger partial charge on any atom is -0.473 e. The van der Waals surface area contributed by atoms with E-state index in [9.17, 15) is 10.1 Å². The summed E-state index contributed by atoms with van der Waals surface area (Å²) in [4.78, 5) is 18.2. The van der Waals surface area contributed by atoms with Gasteiger partial charge < -0.3 is 14.8 Å². The molecule has 0 saturated carbocycles. The number of nitro groups is 1. The molecule has 0 atom stereocenters. The zero-order valence-electron chi connectivity index (χ0n) is 12.0. The van der Waals surface area contributed by atoms with Crippen molar-refractivity contribution in [1.82, 2.24) is 9.97 Å². The maximum absolute atomic E-state index is 11.1. The first-order valence-electron chi connectivity index (χ1n) is 6.53. The summed E-state index contributed by atoms with van der Waals surface area (Å²) in [7, 11) is 0. The monoisotopic (exact) mass is 284 g/mol. The van der Waals surface area contributed by atoms with E-state index in [1.54, 1.807) is 6.92 Å². The van der Waals surface area contributed by atoms with Gasteiger partial charge in [0.1, 0.15) is 6.33 Å². The first kappa shape index (κ1) is 16.1. The van der Waals surface area contributed by atoms with Crippen molar-refractivity contribution < 1.29 is 14.4 Å². The van der Waals surface area contributed by atoms with Crippen LogP contribution in [0.25, 0.3) is 0 Å². The van der Waals surface area contributed by atoms with E-state index in [1.807, 2.05) is 13.8 Å². The van der Waals surface area contributed by atoms with E-state index >= 15 is 0 Å². The third kappa shape index (κ3) is 4.96. The fraction of sp³-hybridized carbons (Fsp3) is 0.667. The zero-order valence-corrected chi connectivity index (χ0v) is 12.0. The van der Waals surface area contributed by atoms with Crippen molar-refractivity contribution >= 4 is 11.5 Å². The topological polar surface area (TPSA) is 99.4 Å². The SMILES string of the molecule is CCOc1ncnc(NCCCOC(C)C)c1[N+](=O)[O-]. The van der Waals surface area contributed by atoms with Gasteiger partial charge in [-0.2, -0.15) is 4.98 Å². The molecule has 8 heteroatoms. The van der Waals surface area contributed by atoms with Crippen LogP contribution in [0.2, 0.25) is 0 Å². The third-order valence-electron chi connectivity index (χ3n) is 2.32. The Morgan fingerprint density at radius 2 is 2.20 bits per heavy atom. The van der Waals surface area contributed by atoms with E-state index < -0.39 is 4.92 Å². The van der Waals surface area contributed by atoms with E-state index in [0.29, 0.717) is 19.8 Å². The van der Waals surface area contributed by atoms with Crippen LogP contribution >= 0.6 is 0 Å². The molecule has 0 aliphatic rings. The Kier molecular flexibility index (Phi) is 6.65. The molecule has 0 aliphatic heterocycles. The number of hydrogen-bond acceptors (Lipinski definition) is 7. The van der Waals surface area contributed by atoms with Gasteiger partial charge in [0, 0.05) is 13.2 Å². The van der Waals surface area contributed by atoms with Crippen molar-refractivity contribution in [3.8, 4) is 5.88 Å². The minimum absolute atomic E-state index is 0.0200. The van der Waals surface area contributed by atoms with Crippen LogP contribution in [-0.2, 0) is 4.74 Å². The molecule has 0 unspecified atom stereocenters. The van der Waals surface area contributed by atoms with Crippen LogP contribution in [0.1, 0.15) is 27.2 Å². The molecule has 0 aliphatic carbocycles. The summed E-state index contributed by atoms with van der Waals surface area (Å²) >= 11 is 0. The first-order chi connectivity index (χ1) is 9.56. The maximum atomic E-state index is 11.1. The molecule has 0 amide bonds. The van der Waals surface area contributed by atoms with Gasteiger partial charge in [0.2, 0.25) is 5.82 Å². The second-order valence-electron chi connectivity index (χ2n) is 4.27. The standard InChI is InChI=1S/C12H20N4O4/c1-4-19-12-10(16(17)18)11(14-8-15-12)13-6-5-7-20-9(2)3/h8-9H,4-7H2,1-3H3,(H,13,14,15). The average Bonchev–Trinajstić information content (AvgIpc) is 2.38. The summed E-state index contributed by atoms with van der Waals surface area (Å²) in [6.07, 6.45) is 2.14. The molecule has 1 N–H and O–H groups in total. The summed E-state index contributed by atoms with van der Waals surface area (Å²) < 4.78 is 10.5. The molecular weight excluding hydrogens is 264 g/mol. The lowest BCUT2D eigenvalue weighted by atomic mass is 10.4. The Bertz CT molecular complexity index is 439. The van der Waals surface area contributed by atoms with Gasteiger partial charge in [-0.05, 0) is 27.2 Å². The van der Waals surface area contributed by atoms with Gasteiger partial charge in [0.25, 0.3) is 5.88 Å². The quantitative estimate of drug-likeness (QED) is 0.420. The summed E-state index contributed by atoms with van der Waals surface area (Å²) in [5.74, 6) is 0.145. The number of nitrogens with zero attached hydrogens (tertiary/aromatic N) is 3. The van der Waals surface area contributed by atoms with E-state index in [0.717, 1.165) is 6.42 Å². The Balaban J connectivity index is 2.64. The first-order valence-corrected chi connectivity index (χ1v) is 6.53. The van der Waals surface area contributed by atoms with Crippen LogP contribution in [0.15, 0.2) is 6.33 Å². The maximum Gasteiger partial charge on any atom is 0.372 e. The number of nitrogens with one attached hydrogen (secondary N) is 1. The summed E-state index contributed by atoms with van der Waals surface area (Å²) in [6, 6.07) is 0. The Morgan fingerprint density at radius 1 is 1.45 bits per heavy atom. The average molecular weight is 284 g/mol. The van der Waals surface area contributed by atoms with Crippen molar-refractivity contribution in [3.05, 3.63) is 16.4 Å². The lowest BCUT2D eigenvalue weighted by Gasteiger charge is -2.09. The van der Waals surface area contributed by atoms with Crippen LogP contribution in [0, 0.1) is 10.1 Å². The van der Waals surface area contributed by atoms with Crippen molar-refractivity contribution in [3.63, 3.8) is 0 Å². The number of anilines is 1. The van der Waals surface area contributed by atoms with Crippen LogP contribution < -0.4 is 10.1 Å². The molecule has 20 heavy (non-hydrogen) atoms. The molecule has 112 valence electrons. The molecule has 1 aromatic rings. The van der Waals surface area contributed by atoms with E-state index in [1.165, 1.54) is 6.33 Å². The highest BCUT2D eigenvalue weighted by atomic mass is 16.6.